The van der Waals surface area contributed by atoms with E-state index >= 15 is 0 Å². The van der Waals surface area contributed by atoms with Gasteiger partial charge in [-0.25, -0.2) is 0 Å². The summed E-state index contributed by atoms with van der Waals surface area (Å²) < 4.78 is 5.61. The van der Waals surface area contributed by atoms with E-state index in [0.29, 0.717) is 21.7 Å². The van der Waals surface area contributed by atoms with Crippen LogP contribution in [0.15, 0.2) is 71.6 Å². The first kappa shape index (κ1) is 15.3. The Labute approximate surface area is 137 Å². The molecule has 2 amide bonds. The molecule has 0 unspecified atom stereocenters. The van der Waals surface area contributed by atoms with Crippen molar-refractivity contribution in [2.75, 3.05) is 10.6 Å². The molecule has 0 saturated carbocycles. The largest absolute Gasteiger partial charge is 0.619 e. The lowest BCUT2D eigenvalue weighted by molar-refractivity contribution is -0.605. The minimum absolute atomic E-state index is 0.215. The Kier molecular flexibility index (Phi) is 4.24. The Morgan fingerprint density at radius 3 is 2.00 bits per heavy atom. The summed E-state index contributed by atoms with van der Waals surface area (Å²) in [7, 11) is 0. The SMILES string of the molecule is O=C(Nc1ccc(NC(=O)c2ccco2)cc1)c1cc[n+]([O-])cc1. The van der Waals surface area contributed by atoms with Gasteiger partial charge in [-0.2, -0.15) is 4.73 Å². The van der Waals surface area contributed by atoms with Gasteiger partial charge in [-0.1, -0.05) is 0 Å². The van der Waals surface area contributed by atoms with Gasteiger partial charge in [0.25, 0.3) is 11.8 Å². The zero-order chi connectivity index (χ0) is 16.9. The van der Waals surface area contributed by atoms with Crippen LogP contribution in [0.4, 0.5) is 11.4 Å². The Morgan fingerprint density at radius 1 is 0.875 bits per heavy atom. The van der Waals surface area contributed by atoms with Gasteiger partial charge in [-0.15, -0.1) is 0 Å². The first-order valence-corrected chi connectivity index (χ1v) is 7.07. The van der Waals surface area contributed by atoms with E-state index in [1.807, 2.05) is 0 Å². The van der Waals surface area contributed by atoms with Crippen molar-refractivity contribution in [1.82, 2.24) is 0 Å². The van der Waals surface area contributed by atoms with E-state index in [9.17, 15) is 14.8 Å². The molecule has 3 rings (SSSR count). The second-order valence-electron chi connectivity index (χ2n) is 4.91. The number of amides is 2. The van der Waals surface area contributed by atoms with Crippen molar-refractivity contribution in [2.24, 2.45) is 0 Å². The zero-order valence-electron chi connectivity index (χ0n) is 12.4. The first-order chi connectivity index (χ1) is 11.6. The fourth-order valence-corrected chi connectivity index (χ4v) is 2.00. The quantitative estimate of drug-likeness (QED) is 0.569. The normalized spacial score (nSPS) is 10.2. The average Bonchev–Trinajstić information content (AvgIpc) is 3.12. The molecule has 0 radical (unpaired) electrons. The predicted molar refractivity (Wildman–Crippen MR) is 86.5 cm³/mol. The number of hydrogen-bond acceptors (Lipinski definition) is 4. The average molecular weight is 323 g/mol. The molecule has 2 N–H and O–H groups in total. The first-order valence-electron chi connectivity index (χ1n) is 7.07. The van der Waals surface area contributed by atoms with E-state index in [2.05, 4.69) is 10.6 Å². The molecule has 0 fully saturated rings. The molecule has 0 saturated heterocycles. The lowest BCUT2D eigenvalue weighted by Crippen LogP contribution is -2.25. The summed E-state index contributed by atoms with van der Waals surface area (Å²) in [6, 6.07) is 12.7. The smallest absolute Gasteiger partial charge is 0.291 e. The number of carbonyl (C=O) groups excluding carboxylic acids is 2. The van der Waals surface area contributed by atoms with Crippen molar-refractivity contribution in [3.05, 3.63) is 83.7 Å². The molecule has 1 aromatic carbocycles. The molecule has 24 heavy (non-hydrogen) atoms. The molecule has 0 bridgehead atoms. The van der Waals surface area contributed by atoms with Gasteiger partial charge in [0, 0.05) is 23.5 Å². The fraction of sp³-hybridized carbons (Fsp3) is 0. The molecule has 0 aliphatic carbocycles. The van der Waals surface area contributed by atoms with Gasteiger partial charge in [0.15, 0.2) is 18.2 Å². The van der Waals surface area contributed by atoms with E-state index in [0.717, 1.165) is 0 Å². The second kappa shape index (κ2) is 6.66. The molecule has 0 aliphatic rings. The van der Waals surface area contributed by atoms with Gasteiger partial charge < -0.3 is 20.3 Å². The van der Waals surface area contributed by atoms with Crippen molar-refractivity contribution in [1.29, 1.82) is 0 Å². The van der Waals surface area contributed by atoms with Crippen molar-refractivity contribution in [3.63, 3.8) is 0 Å². The summed E-state index contributed by atoms with van der Waals surface area (Å²) in [6.45, 7) is 0. The number of benzene rings is 1. The molecule has 7 heteroatoms. The Bertz CT molecular complexity index is 841. The van der Waals surface area contributed by atoms with E-state index in [1.54, 1.807) is 36.4 Å². The van der Waals surface area contributed by atoms with Crippen molar-refractivity contribution in [3.8, 4) is 0 Å². The highest BCUT2D eigenvalue weighted by atomic mass is 16.5. The monoisotopic (exact) mass is 323 g/mol. The molecule has 0 spiro atoms. The lowest BCUT2D eigenvalue weighted by Gasteiger charge is -2.07. The summed E-state index contributed by atoms with van der Waals surface area (Å²) >= 11 is 0. The van der Waals surface area contributed by atoms with Crippen LogP contribution in [-0.4, -0.2) is 11.8 Å². The highest BCUT2D eigenvalue weighted by molar-refractivity contribution is 6.04. The number of rotatable bonds is 4. The van der Waals surface area contributed by atoms with Crippen LogP contribution in [-0.2, 0) is 0 Å². The second-order valence-corrected chi connectivity index (χ2v) is 4.91. The van der Waals surface area contributed by atoms with Crippen LogP contribution in [0.5, 0.6) is 0 Å². The van der Waals surface area contributed by atoms with Crippen molar-refractivity contribution >= 4 is 23.2 Å². The summed E-state index contributed by atoms with van der Waals surface area (Å²) in [5.74, 6) is -0.470. The van der Waals surface area contributed by atoms with Crippen molar-refractivity contribution in [2.45, 2.75) is 0 Å². The highest BCUT2D eigenvalue weighted by Gasteiger charge is 2.10. The molecule has 7 nitrogen and oxygen atoms in total. The number of aromatic nitrogens is 1. The van der Waals surface area contributed by atoms with Gasteiger partial charge in [0.1, 0.15) is 0 Å². The van der Waals surface area contributed by atoms with Crippen LogP contribution >= 0.6 is 0 Å². The maximum absolute atomic E-state index is 12.0. The molecule has 2 aromatic heterocycles. The van der Waals surface area contributed by atoms with E-state index in [1.165, 1.54) is 30.8 Å². The Balaban J connectivity index is 1.63. The molecule has 2 heterocycles. The third kappa shape index (κ3) is 3.58. The fourth-order valence-electron chi connectivity index (χ4n) is 2.00. The van der Waals surface area contributed by atoms with Gasteiger partial charge in [0.2, 0.25) is 0 Å². The Hall–Kier alpha value is -3.61. The summed E-state index contributed by atoms with van der Waals surface area (Å²) in [5, 5.41) is 16.3. The van der Waals surface area contributed by atoms with Crippen LogP contribution in [0.2, 0.25) is 0 Å². The third-order valence-electron chi connectivity index (χ3n) is 3.21. The maximum atomic E-state index is 12.0. The van der Waals surface area contributed by atoms with E-state index < -0.39 is 0 Å². The number of nitrogens with one attached hydrogen (secondary N) is 2. The van der Waals surface area contributed by atoms with Crippen molar-refractivity contribution < 1.29 is 18.7 Å². The lowest BCUT2D eigenvalue weighted by atomic mass is 10.2. The molecular formula is C17H13N3O4. The number of carbonyl (C=O) groups is 2. The minimum atomic E-state index is -0.355. The molecule has 3 aromatic rings. The number of anilines is 2. The predicted octanol–water partition coefficient (Wildman–Crippen LogP) is 2.42. The number of hydrogen-bond donors (Lipinski definition) is 2. The van der Waals surface area contributed by atoms with Crippen LogP contribution in [0.1, 0.15) is 20.9 Å². The molecular weight excluding hydrogens is 310 g/mol. The zero-order valence-corrected chi connectivity index (χ0v) is 12.4. The maximum Gasteiger partial charge on any atom is 0.291 e. The Morgan fingerprint density at radius 2 is 1.46 bits per heavy atom. The summed E-state index contributed by atoms with van der Waals surface area (Å²) in [6.07, 6.45) is 3.93. The molecule has 0 aliphatic heterocycles. The van der Waals surface area contributed by atoms with E-state index in [4.69, 9.17) is 4.42 Å². The number of furan rings is 1. The topological polar surface area (TPSA) is 98.3 Å². The number of nitrogens with zero attached hydrogens (tertiary/aromatic N) is 1. The van der Waals surface area contributed by atoms with Gasteiger partial charge in [-0.05, 0) is 36.4 Å². The summed E-state index contributed by atoms with van der Waals surface area (Å²) in [5.41, 5.74) is 1.51. The summed E-state index contributed by atoms with van der Waals surface area (Å²) in [4.78, 5) is 23.9. The highest BCUT2D eigenvalue weighted by Crippen LogP contribution is 2.15. The van der Waals surface area contributed by atoms with E-state index in [-0.39, 0.29) is 17.6 Å². The van der Waals surface area contributed by atoms with Crippen LogP contribution in [0.25, 0.3) is 0 Å². The standard InChI is InChI=1S/C17H13N3O4/c21-16(12-7-9-20(23)10-8-12)18-13-3-5-14(6-4-13)19-17(22)15-2-1-11-24-15/h1-11H,(H,18,21)(H,19,22). The van der Waals surface area contributed by atoms with Crippen LogP contribution in [0, 0.1) is 5.21 Å². The number of pyridine rings is 1. The van der Waals surface area contributed by atoms with Gasteiger partial charge in [0.05, 0.1) is 11.8 Å². The van der Waals surface area contributed by atoms with Gasteiger partial charge >= 0.3 is 0 Å². The molecule has 0 atom stereocenters. The third-order valence-corrected chi connectivity index (χ3v) is 3.21. The molecule has 120 valence electrons. The van der Waals surface area contributed by atoms with Gasteiger partial charge in [-0.3, -0.25) is 9.59 Å². The minimum Gasteiger partial charge on any atom is -0.619 e. The van der Waals surface area contributed by atoms with Crippen LogP contribution < -0.4 is 15.4 Å². The van der Waals surface area contributed by atoms with Crippen LogP contribution in [0.3, 0.4) is 0 Å².